The molecule has 9 heteroatoms. The first kappa shape index (κ1) is 20.0. The maximum Gasteiger partial charge on any atom is 0.335 e. The molecule has 0 amide bonds. The van der Waals surface area contributed by atoms with Gasteiger partial charge in [-0.15, -0.1) is 0 Å². The fraction of sp³-hybridized carbons (Fsp3) is 0.174. The summed E-state index contributed by atoms with van der Waals surface area (Å²) in [6.45, 7) is 2.74. The van der Waals surface area contributed by atoms with Crippen LogP contribution in [-0.2, 0) is 4.74 Å². The van der Waals surface area contributed by atoms with Gasteiger partial charge < -0.3 is 15.6 Å². The number of hydrogen-bond donors (Lipinski definition) is 2. The molecule has 2 aromatic heterocycles. The summed E-state index contributed by atoms with van der Waals surface area (Å²) in [5, 5.41) is 13.5. The van der Waals surface area contributed by atoms with Crippen LogP contribution in [0.1, 0.15) is 10.4 Å². The van der Waals surface area contributed by atoms with Gasteiger partial charge >= 0.3 is 5.97 Å². The van der Waals surface area contributed by atoms with Crippen LogP contribution in [0.25, 0.3) is 16.9 Å². The number of fused-ring (bicyclic) bond motifs is 1. The van der Waals surface area contributed by atoms with Crippen LogP contribution >= 0.6 is 0 Å². The Labute approximate surface area is 184 Å². The average molecular weight is 430 g/mol. The molecule has 0 bridgehead atoms. The van der Waals surface area contributed by atoms with Crippen LogP contribution in [0.3, 0.4) is 0 Å². The van der Waals surface area contributed by atoms with Crippen molar-refractivity contribution in [2.45, 2.75) is 0 Å². The summed E-state index contributed by atoms with van der Waals surface area (Å²) in [6, 6.07) is 14.7. The molecule has 0 radical (unpaired) electrons. The van der Waals surface area contributed by atoms with Crippen LogP contribution in [0.15, 0.2) is 67.1 Å². The Balaban J connectivity index is 1.64. The maximum absolute atomic E-state index is 11.3. The third kappa shape index (κ3) is 3.53. The third-order valence-electron chi connectivity index (χ3n) is 5.46. The van der Waals surface area contributed by atoms with Crippen molar-refractivity contribution in [1.29, 1.82) is 0 Å². The Morgan fingerprint density at radius 1 is 1.09 bits per heavy atom. The molecule has 0 atom stereocenters. The number of carbonyl (C=O) groups is 1. The summed E-state index contributed by atoms with van der Waals surface area (Å²) in [5.41, 5.74) is 9.76. The summed E-state index contributed by atoms with van der Waals surface area (Å²) in [7, 11) is 0. The Morgan fingerprint density at radius 2 is 1.88 bits per heavy atom. The quantitative estimate of drug-likeness (QED) is 0.465. The average Bonchev–Trinajstić information content (AvgIpc) is 3.31. The molecular weight excluding hydrogens is 408 g/mol. The fourth-order valence-corrected chi connectivity index (χ4v) is 3.93. The number of morpholine rings is 1. The molecule has 2 aromatic carbocycles. The number of anilines is 3. The van der Waals surface area contributed by atoms with Crippen molar-refractivity contribution in [3.63, 3.8) is 0 Å². The zero-order chi connectivity index (χ0) is 22.1. The first-order valence-corrected chi connectivity index (χ1v) is 10.3. The number of para-hydroxylation sites is 1. The van der Waals surface area contributed by atoms with Gasteiger partial charge in [0.1, 0.15) is 0 Å². The highest BCUT2D eigenvalue weighted by Gasteiger charge is 2.25. The predicted molar refractivity (Wildman–Crippen MR) is 121 cm³/mol. The molecule has 162 valence electrons. The van der Waals surface area contributed by atoms with Crippen molar-refractivity contribution in [2.24, 2.45) is 0 Å². The molecule has 1 fully saturated rings. The molecular formula is C23H22N6O3. The largest absolute Gasteiger partial charge is 0.478 e. The molecule has 4 aromatic rings. The molecule has 0 unspecified atom stereocenters. The van der Waals surface area contributed by atoms with Gasteiger partial charge in [-0.3, -0.25) is 9.41 Å². The smallest absolute Gasteiger partial charge is 0.335 e. The van der Waals surface area contributed by atoms with Crippen LogP contribution in [0.2, 0.25) is 0 Å². The number of rotatable bonds is 5. The Hall–Kier alpha value is -3.95. The van der Waals surface area contributed by atoms with E-state index in [1.54, 1.807) is 18.5 Å². The van der Waals surface area contributed by atoms with Crippen LogP contribution in [0.5, 0.6) is 0 Å². The van der Waals surface area contributed by atoms with E-state index in [9.17, 15) is 9.90 Å². The lowest BCUT2D eigenvalue weighted by Crippen LogP contribution is -2.47. The van der Waals surface area contributed by atoms with E-state index in [4.69, 9.17) is 15.5 Å². The minimum Gasteiger partial charge on any atom is -0.478 e. The predicted octanol–water partition coefficient (Wildman–Crippen LogP) is 3.06. The van der Waals surface area contributed by atoms with Gasteiger partial charge in [0.15, 0.2) is 11.5 Å². The number of imidazole rings is 1. The summed E-state index contributed by atoms with van der Waals surface area (Å²) >= 11 is 0. The standard InChI is InChI=1S/C23H22N6O3/c24-19-14-16(23(30)31)6-7-18(19)20-15-26-22(21-25-8-9-28(20)21)29(17-4-2-1-3-5-17)27-10-12-32-13-11-27/h1-9,14-15H,10-13,24H2,(H,30,31). The highest BCUT2D eigenvalue weighted by Crippen LogP contribution is 2.33. The molecule has 3 heterocycles. The second-order valence-electron chi connectivity index (χ2n) is 7.41. The van der Waals surface area contributed by atoms with Gasteiger partial charge in [-0.2, -0.15) is 0 Å². The number of nitrogen functional groups attached to an aromatic ring is 1. The van der Waals surface area contributed by atoms with E-state index in [-0.39, 0.29) is 5.56 Å². The Bertz CT molecular complexity index is 1270. The fourth-order valence-electron chi connectivity index (χ4n) is 3.93. The second-order valence-corrected chi connectivity index (χ2v) is 7.41. The van der Waals surface area contributed by atoms with E-state index in [1.165, 1.54) is 12.1 Å². The third-order valence-corrected chi connectivity index (χ3v) is 5.46. The summed E-state index contributed by atoms with van der Waals surface area (Å²) in [6.07, 6.45) is 5.31. The van der Waals surface area contributed by atoms with Crippen LogP contribution < -0.4 is 10.7 Å². The maximum atomic E-state index is 11.3. The normalized spacial score (nSPS) is 14.5. The number of carboxylic acid groups (broad SMARTS) is 1. The molecule has 0 saturated carbocycles. The number of aromatic carboxylic acids is 1. The lowest BCUT2D eigenvalue weighted by molar-refractivity contribution is 0.0376. The second kappa shape index (κ2) is 8.29. The molecule has 3 N–H and O–H groups in total. The first-order chi connectivity index (χ1) is 15.6. The van der Waals surface area contributed by atoms with Crippen molar-refractivity contribution in [2.75, 3.05) is 37.0 Å². The molecule has 32 heavy (non-hydrogen) atoms. The number of nitrogens with two attached hydrogens (primary N) is 1. The minimum absolute atomic E-state index is 0.139. The van der Waals surface area contributed by atoms with E-state index in [0.29, 0.717) is 35.9 Å². The summed E-state index contributed by atoms with van der Waals surface area (Å²) < 4.78 is 7.47. The van der Waals surface area contributed by atoms with Crippen molar-refractivity contribution < 1.29 is 14.6 Å². The van der Waals surface area contributed by atoms with Crippen molar-refractivity contribution in [3.05, 3.63) is 72.7 Å². The first-order valence-electron chi connectivity index (χ1n) is 10.3. The zero-order valence-electron chi connectivity index (χ0n) is 17.3. The monoisotopic (exact) mass is 430 g/mol. The number of hydrazine groups is 1. The van der Waals surface area contributed by atoms with Gasteiger partial charge in [0.2, 0.25) is 0 Å². The SMILES string of the molecule is Nc1cc(C(=O)O)ccc1-c1cnc(N(c2ccccc2)N2CCOCC2)c2nccn12. The number of carboxylic acids is 1. The van der Waals surface area contributed by atoms with Crippen LogP contribution in [0.4, 0.5) is 17.2 Å². The zero-order valence-corrected chi connectivity index (χ0v) is 17.3. The van der Waals surface area contributed by atoms with Crippen molar-refractivity contribution in [3.8, 4) is 11.3 Å². The molecule has 9 nitrogen and oxygen atoms in total. The Morgan fingerprint density at radius 3 is 2.59 bits per heavy atom. The van der Waals surface area contributed by atoms with Gasteiger partial charge in [-0.25, -0.2) is 19.8 Å². The van der Waals surface area contributed by atoms with Gasteiger partial charge in [0, 0.05) is 36.7 Å². The highest BCUT2D eigenvalue weighted by molar-refractivity contribution is 5.91. The van der Waals surface area contributed by atoms with E-state index < -0.39 is 5.97 Å². The topological polar surface area (TPSA) is 109 Å². The molecule has 1 saturated heterocycles. The van der Waals surface area contributed by atoms with Crippen molar-refractivity contribution >= 4 is 28.8 Å². The number of ether oxygens (including phenoxy) is 1. The molecule has 0 aliphatic carbocycles. The minimum atomic E-state index is -1.02. The van der Waals surface area contributed by atoms with E-state index in [1.807, 2.05) is 40.9 Å². The van der Waals surface area contributed by atoms with Gasteiger partial charge in [-0.05, 0) is 30.3 Å². The number of benzene rings is 2. The van der Waals surface area contributed by atoms with E-state index in [2.05, 4.69) is 15.0 Å². The van der Waals surface area contributed by atoms with Crippen LogP contribution in [0, 0.1) is 0 Å². The molecule has 0 spiro atoms. The van der Waals surface area contributed by atoms with Gasteiger partial charge in [0.25, 0.3) is 0 Å². The van der Waals surface area contributed by atoms with Gasteiger partial charge in [-0.1, -0.05) is 18.2 Å². The molecule has 1 aliphatic heterocycles. The lowest BCUT2D eigenvalue weighted by atomic mass is 10.1. The van der Waals surface area contributed by atoms with E-state index >= 15 is 0 Å². The lowest BCUT2D eigenvalue weighted by Gasteiger charge is -2.38. The van der Waals surface area contributed by atoms with Gasteiger partial charge in [0.05, 0.1) is 36.4 Å². The van der Waals surface area contributed by atoms with Crippen LogP contribution in [-0.4, -0.2) is 56.8 Å². The summed E-state index contributed by atoms with van der Waals surface area (Å²) in [5.74, 6) is -0.332. The number of nitrogens with zero attached hydrogens (tertiary/aromatic N) is 5. The molecule has 1 aliphatic rings. The number of hydrogen-bond acceptors (Lipinski definition) is 7. The Kier molecular flexibility index (Phi) is 5.18. The van der Waals surface area contributed by atoms with E-state index in [0.717, 1.165) is 24.5 Å². The number of aromatic nitrogens is 3. The summed E-state index contributed by atoms with van der Waals surface area (Å²) in [4.78, 5) is 20.7. The van der Waals surface area contributed by atoms with Crippen molar-refractivity contribution in [1.82, 2.24) is 19.4 Å². The highest BCUT2D eigenvalue weighted by atomic mass is 16.5. The molecule has 5 rings (SSSR count).